The minimum Gasteiger partial charge on any atom is -0.467 e. The van der Waals surface area contributed by atoms with Gasteiger partial charge < -0.3 is 14.5 Å². The number of carbonyl (C=O) groups is 1. The number of ether oxygens (including phenoxy) is 1. The smallest absolute Gasteiger partial charge is 0.233 e. The van der Waals surface area contributed by atoms with Crippen LogP contribution < -0.4 is 5.32 Å². The van der Waals surface area contributed by atoms with Crippen LogP contribution in [0.25, 0.3) is 0 Å². The highest BCUT2D eigenvalue weighted by Gasteiger charge is 2.30. The predicted molar refractivity (Wildman–Crippen MR) is 67.4 cm³/mol. The van der Waals surface area contributed by atoms with E-state index in [2.05, 4.69) is 5.32 Å². The lowest BCUT2D eigenvalue weighted by atomic mass is 10.3. The zero-order chi connectivity index (χ0) is 13.0. The fourth-order valence-electron chi connectivity index (χ4n) is 1.94. The summed E-state index contributed by atoms with van der Waals surface area (Å²) >= 11 is 0. The minimum absolute atomic E-state index is 0.0243. The van der Waals surface area contributed by atoms with E-state index in [9.17, 15) is 9.00 Å². The molecule has 1 aliphatic heterocycles. The number of furan rings is 1. The molecule has 0 spiro atoms. The third-order valence-corrected chi connectivity index (χ3v) is 4.80. The standard InChI is InChI=1S/C12H17NO4S/c1-9-11(4-6-16-9)18(15)8-12(14)13-7-10-3-2-5-17-10/h2-3,5,9,11H,4,6-8H2,1H3,(H,13,14)/t9-,11+,18-/m0/s1. The number of rotatable bonds is 5. The van der Waals surface area contributed by atoms with Crippen LogP contribution in [0.15, 0.2) is 22.8 Å². The highest BCUT2D eigenvalue weighted by Crippen LogP contribution is 2.18. The molecule has 18 heavy (non-hydrogen) atoms. The summed E-state index contributed by atoms with van der Waals surface area (Å²) in [5.41, 5.74) is 0. The van der Waals surface area contributed by atoms with Gasteiger partial charge in [-0.25, -0.2) is 0 Å². The van der Waals surface area contributed by atoms with Gasteiger partial charge in [-0.2, -0.15) is 0 Å². The van der Waals surface area contributed by atoms with E-state index >= 15 is 0 Å². The number of amides is 1. The van der Waals surface area contributed by atoms with Crippen molar-refractivity contribution in [1.82, 2.24) is 5.32 Å². The van der Waals surface area contributed by atoms with Gasteiger partial charge in [-0.05, 0) is 25.5 Å². The Morgan fingerprint density at radius 1 is 1.61 bits per heavy atom. The molecule has 0 aliphatic carbocycles. The fourth-order valence-corrected chi connectivity index (χ4v) is 3.38. The molecular weight excluding hydrogens is 254 g/mol. The normalized spacial score (nSPS) is 24.9. The number of carbonyl (C=O) groups excluding carboxylic acids is 1. The van der Waals surface area contributed by atoms with Gasteiger partial charge in [0.2, 0.25) is 5.91 Å². The Morgan fingerprint density at radius 2 is 2.44 bits per heavy atom. The molecule has 1 fully saturated rings. The quantitative estimate of drug-likeness (QED) is 0.861. The molecular formula is C12H17NO4S. The summed E-state index contributed by atoms with van der Waals surface area (Å²) in [6.07, 6.45) is 2.29. The zero-order valence-corrected chi connectivity index (χ0v) is 11.1. The molecule has 3 atom stereocenters. The molecule has 2 heterocycles. The van der Waals surface area contributed by atoms with Crippen molar-refractivity contribution < 1.29 is 18.2 Å². The van der Waals surface area contributed by atoms with Gasteiger partial charge in [0.05, 0.1) is 24.2 Å². The molecule has 0 radical (unpaired) electrons. The second kappa shape index (κ2) is 6.15. The molecule has 0 aromatic carbocycles. The second-order valence-electron chi connectivity index (χ2n) is 4.28. The van der Waals surface area contributed by atoms with Gasteiger partial charge in [-0.15, -0.1) is 0 Å². The first-order valence-corrected chi connectivity index (χ1v) is 7.33. The molecule has 0 bridgehead atoms. The Bertz CT molecular complexity index is 418. The maximum Gasteiger partial charge on any atom is 0.233 e. The van der Waals surface area contributed by atoms with E-state index in [4.69, 9.17) is 9.15 Å². The van der Waals surface area contributed by atoms with Crippen LogP contribution >= 0.6 is 0 Å². The third kappa shape index (κ3) is 3.43. The summed E-state index contributed by atoms with van der Waals surface area (Å²) in [5.74, 6) is 0.495. The number of hydrogen-bond acceptors (Lipinski definition) is 4. The summed E-state index contributed by atoms with van der Waals surface area (Å²) in [5, 5.41) is 2.66. The number of hydrogen-bond donors (Lipinski definition) is 1. The molecule has 2 rings (SSSR count). The van der Waals surface area contributed by atoms with Crippen molar-refractivity contribution in [3.8, 4) is 0 Å². The minimum atomic E-state index is -1.17. The summed E-state index contributed by atoms with van der Waals surface area (Å²) in [4.78, 5) is 11.6. The van der Waals surface area contributed by atoms with Crippen LogP contribution in [-0.4, -0.2) is 33.8 Å². The molecule has 1 aliphatic rings. The van der Waals surface area contributed by atoms with Gasteiger partial charge in [0.1, 0.15) is 11.5 Å². The van der Waals surface area contributed by atoms with Crippen molar-refractivity contribution in [1.29, 1.82) is 0 Å². The van der Waals surface area contributed by atoms with Gasteiger partial charge in [0.25, 0.3) is 0 Å². The summed E-state index contributed by atoms with van der Waals surface area (Å²) in [6.45, 7) is 2.86. The highest BCUT2D eigenvalue weighted by atomic mass is 32.2. The molecule has 1 aromatic heterocycles. The first-order chi connectivity index (χ1) is 8.66. The lowest BCUT2D eigenvalue weighted by Crippen LogP contribution is -2.33. The monoisotopic (exact) mass is 271 g/mol. The first kappa shape index (κ1) is 13.3. The van der Waals surface area contributed by atoms with E-state index in [1.807, 2.05) is 6.92 Å². The van der Waals surface area contributed by atoms with Crippen molar-refractivity contribution in [3.63, 3.8) is 0 Å². The van der Waals surface area contributed by atoms with Gasteiger partial charge >= 0.3 is 0 Å². The molecule has 1 aromatic rings. The third-order valence-electron chi connectivity index (χ3n) is 2.96. The second-order valence-corrected chi connectivity index (χ2v) is 5.94. The molecule has 0 saturated carbocycles. The first-order valence-electron chi connectivity index (χ1n) is 5.94. The van der Waals surface area contributed by atoms with Crippen molar-refractivity contribution in [2.24, 2.45) is 0 Å². The van der Waals surface area contributed by atoms with E-state index in [1.165, 1.54) is 0 Å². The van der Waals surface area contributed by atoms with Crippen LogP contribution in [0.2, 0.25) is 0 Å². The Hall–Kier alpha value is -1.14. The largest absolute Gasteiger partial charge is 0.467 e. The Labute approximate surface area is 108 Å². The van der Waals surface area contributed by atoms with Crippen molar-refractivity contribution in [2.75, 3.05) is 12.4 Å². The van der Waals surface area contributed by atoms with Gasteiger partial charge in [0.15, 0.2) is 0 Å². The van der Waals surface area contributed by atoms with Crippen LogP contribution in [0, 0.1) is 0 Å². The van der Waals surface area contributed by atoms with Crippen LogP contribution in [0.4, 0.5) is 0 Å². The molecule has 100 valence electrons. The number of nitrogens with one attached hydrogen (secondary N) is 1. The van der Waals surface area contributed by atoms with E-state index in [-0.39, 0.29) is 23.0 Å². The van der Waals surface area contributed by atoms with Crippen molar-refractivity contribution in [2.45, 2.75) is 31.2 Å². The Morgan fingerprint density at radius 3 is 3.06 bits per heavy atom. The predicted octanol–water partition coefficient (Wildman–Crippen LogP) is 0.822. The van der Waals surface area contributed by atoms with Crippen LogP contribution in [0.5, 0.6) is 0 Å². The maximum absolute atomic E-state index is 12.0. The average Bonchev–Trinajstić information content (AvgIpc) is 2.97. The summed E-state index contributed by atoms with van der Waals surface area (Å²) < 4.78 is 22.4. The van der Waals surface area contributed by atoms with E-state index in [0.717, 1.165) is 6.42 Å². The van der Waals surface area contributed by atoms with Crippen LogP contribution in [-0.2, 0) is 26.9 Å². The van der Waals surface area contributed by atoms with E-state index < -0.39 is 10.8 Å². The lowest BCUT2D eigenvalue weighted by Gasteiger charge is -2.13. The van der Waals surface area contributed by atoms with Crippen molar-refractivity contribution >= 4 is 16.7 Å². The molecule has 1 N–H and O–H groups in total. The summed E-state index contributed by atoms with van der Waals surface area (Å²) in [6, 6.07) is 3.54. The topological polar surface area (TPSA) is 68.5 Å². The Balaban J connectivity index is 1.75. The SMILES string of the molecule is C[C@@H]1OCC[C@H]1[S@@](=O)CC(=O)NCc1ccco1. The fraction of sp³-hybridized carbons (Fsp3) is 0.583. The van der Waals surface area contributed by atoms with Crippen LogP contribution in [0.3, 0.4) is 0 Å². The Kier molecular flexibility index (Phi) is 4.54. The maximum atomic E-state index is 12.0. The molecule has 6 heteroatoms. The highest BCUT2D eigenvalue weighted by molar-refractivity contribution is 7.86. The van der Waals surface area contributed by atoms with E-state index in [1.54, 1.807) is 18.4 Å². The van der Waals surface area contributed by atoms with Gasteiger partial charge in [0, 0.05) is 17.4 Å². The molecule has 1 amide bonds. The van der Waals surface area contributed by atoms with Gasteiger partial charge in [-0.1, -0.05) is 0 Å². The average molecular weight is 271 g/mol. The van der Waals surface area contributed by atoms with Crippen molar-refractivity contribution in [3.05, 3.63) is 24.2 Å². The molecule has 1 saturated heterocycles. The summed E-state index contributed by atoms with van der Waals surface area (Å²) in [7, 11) is -1.17. The zero-order valence-electron chi connectivity index (χ0n) is 10.3. The lowest BCUT2D eigenvalue weighted by molar-refractivity contribution is -0.118. The van der Waals surface area contributed by atoms with E-state index in [0.29, 0.717) is 18.9 Å². The molecule has 5 nitrogen and oxygen atoms in total. The van der Waals surface area contributed by atoms with Gasteiger partial charge in [-0.3, -0.25) is 9.00 Å². The van der Waals surface area contributed by atoms with Crippen LogP contribution in [0.1, 0.15) is 19.1 Å². The molecule has 0 unspecified atom stereocenters.